The standard InChI is InChI=1S/C16H11FN2O3/c1-19-13-8-3-2-7-12(13)14(15(19)20)18-22-16(21)10-5-4-6-11(17)9-10/h2-9H,1H3/b18-14+. The first kappa shape index (κ1) is 13.9. The average molecular weight is 298 g/mol. The Morgan fingerprint density at radius 1 is 1.18 bits per heavy atom. The summed E-state index contributed by atoms with van der Waals surface area (Å²) in [6, 6.07) is 12.1. The van der Waals surface area contributed by atoms with Gasteiger partial charge in [0.1, 0.15) is 5.82 Å². The van der Waals surface area contributed by atoms with Gasteiger partial charge >= 0.3 is 5.97 Å². The second-order valence-electron chi connectivity index (χ2n) is 4.71. The molecule has 0 fully saturated rings. The van der Waals surface area contributed by atoms with Gasteiger partial charge in [0.05, 0.1) is 11.3 Å². The van der Waals surface area contributed by atoms with Crippen LogP contribution in [-0.2, 0) is 9.63 Å². The fourth-order valence-electron chi connectivity index (χ4n) is 2.19. The minimum Gasteiger partial charge on any atom is -0.312 e. The number of carbonyl (C=O) groups excluding carboxylic acids is 2. The normalized spacial score (nSPS) is 15.1. The van der Waals surface area contributed by atoms with E-state index >= 15 is 0 Å². The molecular weight excluding hydrogens is 287 g/mol. The summed E-state index contributed by atoms with van der Waals surface area (Å²) in [7, 11) is 1.61. The molecule has 0 saturated heterocycles. The summed E-state index contributed by atoms with van der Waals surface area (Å²) in [6.45, 7) is 0. The van der Waals surface area contributed by atoms with Gasteiger partial charge in [0.2, 0.25) is 0 Å². The molecule has 1 heterocycles. The fourth-order valence-corrected chi connectivity index (χ4v) is 2.19. The van der Waals surface area contributed by atoms with Gasteiger partial charge in [-0.25, -0.2) is 9.18 Å². The lowest BCUT2D eigenvalue weighted by Gasteiger charge is -2.07. The lowest BCUT2D eigenvalue weighted by atomic mass is 10.1. The first-order valence-corrected chi connectivity index (χ1v) is 6.50. The van der Waals surface area contributed by atoms with Crippen molar-refractivity contribution < 1.29 is 18.8 Å². The van der Waals surface area contributed by atoms with E-state index in [0.717, 1.165) is 6.07 Å². The highest BCUT2D eigenvalue weighted by molar-refractivity contribution is 6.54. The number of para-hydroxylation sites is 1. The minimum atomic E-state index is -0.827. The van der Waals surface area contributed by atoms with Crippen LogP contribution in [0.1, 0.15) is 15.9 Å². The molecule has 6 heteroatoms. The highest BCUT2D eigenvalue weighted by Gasteiger charge is 2.32. The molecule has 0 N–H and O–H groups in total. The van der Waals surface area contributed by atoms with Crippen molar-refractivity contribution in [2.75, 3.05) is 11.9 Å². The van der Waals surface area contributed by atoms with Gasteiger partial charge < -0.3 is 9.74 Å². The number of benzene rings is 2. The van der Waals surface area contributed by atoms with Crippen LogP contribution in [0, 0.1) is 5.82 Å². The summed E-state index contributed by atoms with van der Waals surface area (Å²) in [5, 5.41) is 3.66. The van der Waals surface area contributed by atoms with Crippen molar-refractivity contribution in [3.63, 3.8) is 0 Å². The van der Waals surface area contributed by atoms with Crippen LogP contribution in [0.5, 0.6) is 0 Å². The molecule has 0 aliphatic carbocycles. The van der Waals surface area contributed by atoms with Crippen LogP contribution < -0.4 is 4.90 Å². The summed E-state index contributed by atoms with van der Waals surface area (Å²) >= 11 is 0. The predicted octanol–water partition coefficient (Wildman–Crippen LogP) is 2.36. The van der Waals surface area contributed by atoms with Crippen LogP contribution in [0.3, 0.4) is 0 Å². The number of anilines is 1. The Morgan fingerprint density at radius 3 is 2.73 bits per heavy atom. The van der Waals surface area contributed by atoms with Gasteiger partial charge in [-0.1, -0.05) is 29.4 Å². The quantitative estimate of drug-likeness (QED) is 0.631. The SMILES string of the molecule is CN1C(=O)/C(=N/OC(=O)c2cccc(F)c2)c2ccccc21. The molecule has 5 nitrogen and oxygen atoms in total. The number of halogens is 1. The second kappa shape index (κ2) is 5.40. The summed E-state index contributed by atoms with van der Waals surface area (Å²) < 4.78 is 13.1. The molecule has 0 bridgehead atoms. The first-order chi connectivity index (χ1) is 10.6. The summed E-state index contributed by atoms with van der Waals surface area (Å²) in [6.07, 6.45) is 0. The topological polar surface area (TPSA) is 59.0 Å². The van der Waals surface area contributed by atoms with Crippen LogP contribution in [0.25, 0.3) is 0 Å². The van der Waals surface area contributed by atoms with Gasteiger partial charge in [0, 0.05) is 12.6 Å². The van der Waals surface area contributed by atoms with Crippen molar-refractivity contribution in [2.45, 2.75) is 0 Å². The van der Waals surface area contributed by atoms with E-state index in [0.29, 0.717) is 11.3 Å². The van der Waals surface area contributed by atoms with Crippen LogP contribution in [0.2, 0.25) is 0 Å². The Hall–Kier alpha value is -3.02. The zero-order chi connectivity index (χ0) is 15.7. The molecular formula is C16H11FN2O3. The molecule has 22 heavy (non-hydrogen) atoms. The number of oxime groups is 1. The highest BCUT2D eigenvalue weighted by atomic mass is 19.1. The number of likely N-dealkylation sites (N-methyl/N-ethyl adjacent to an activating group) is 1. The number of nitrogens with zero attached hydrogens (tertiary/aromatic N) is 2. The number of fused-ring (bicyclic) bond motifs is 1. The molecule has 0 atom stereocenters. The van der Waals surface area contributed by atoms with Crippen LogP contribution in [-0.4, -0.2) is 24.6 Å². The molecule has 0 aromatic heterocycles. The molecule has 0 saturated carbocycles. The van der Waals surface area contributed by atoms with Crippen LogP contribution in [0.4, 0.5) is 10.1 Å². The Balaban J connectivity index is 1.87. The third-order valence-electron chi connectivity index (χ3n) is 3.31. The van der Waals surface area contributed by atoms with Crippen molar-refractivity contribution in [1.82, 2.24) is 0 Å². The smallest absolute Gasteiger partial charge is 0.312 e. The number of rotatable bonds is 2. The Labute approximate surface area is 125 Å². The third-order valence-corrected chi connectivity index (χ3v) is 3.31. The number of hydrogen-bond donors (Lipinski definition) is 0. The van der Waals surface area contributed by atoms with E-state index in [1.165, 1.54) is 23.1 Å². The Kier molecular flexibility index (Phi) is 3.42. The second-order valence-corrected chi connectivity index (χ2v) is 4.71. The first-order valence-electron chi connectivity index (χ1n) is 6.50. The molecule has 110 valence electrons. The summed E-state index contributed by atoms with van der Waals surface area (Å²) in [5.74, 6) is -1.75. The lowest BCUT2D eigenvalue weighted by Crippen LogP contribution is -2.25. The van der Waals surface area contributed by atoms with E-state index < -0.39 is 11.8 Å². The molecule has 0 spiro atoms. The zero-order valence-electron chi connectivity index (χ0n) is 11.6. The molecule has 3 rings (SSSR count). The number of hydrogen-bond acceptors (Lipinski definition) is 4. The molecule has 0 unspecified atom stereocenters. The Bertz CT molecular complexity index is 801. The lowest BCUT2D eigenvalue weighted by molar-refractivity contribution is -0.112. The van der Waals surface area contributed by atoms with Crippen molar-refractivity contribution in [1.29, 1.82) is 0 Å². The maximum Gasteiger partial charge on any atom is 0.365 e. The molecule has 2 aromatic rings. The van der Waals surface area contributed by atoms with Gasteiger partial charge in [0.25, 0.3) is 5.91 Å². The number of carbonyl (C=O) groups is 2. The van der Waals surface area contributed by atoms with Crippen LogP contribution in [0.15, 0.2) is 53.7 Å². The average Bonchev–Trinajstić information content (AvgIpc) is 2.77. The maximum absolute atomic E-state index is 13.1. The molecule has 1 aliphatic rings. The predicted molar refractivity (Wildman–Crippen MR) is 78.2 cm³/mol. The van der Waals surface area contributed by atoms with E-state index in [1.54, 1.807) is 31.3 Å². The van der Waals surface area contributed by atoms with E-state index in [1.807, 2.05) is 0 Å². The van der Waals surface area contributed by atoms with Gasteiger partial charge in [0.15, 0.2) is 5.71 Å². The van der Waals surface area contributed by atoms with Gasteiger partial charge in [-0.05, 0) is 24.3 Å². The minimum absolute atomic E-state index is 0.0245. The maximum atomic E-state index is 13.1. The van der Waals surface area contributed by atoms with E-state index in [-0.39, 0.29) is 17.2 Å². The summed E-state index contributed by atoms with van der Waals surface area (Å²) in [5.41, 5.74) is 1.34. The summed E-state index contributed by atoms with van der Waals surface area (Å²) in [4.78, 5) is 30.1. The van der Waals surface area contributed by atoms with Gasteiger partial charge in [-0.15, -0.1) is 0 Å². The van der Waals surface area contributed by atoms with E-state index in [4.69, 9.17) is 4.84 Å². The fraction of sp³-hybridized carbons (Fsp3) is 0.0625. The number of amides is 1. The van der Waals surface area contributed by atoms with E-state index in [2.05, 4.69) is 5.16 Å². The van der Waals surface area contributed by atoms with Crippen molar-refractivity contribution >= 4 is 23.3 Å². The molecule has 1 amide bonds. The molecule has 2 aromatic carbocycles. The third kappa shape index (κ3) is 2.35. The monoisotopic (exact) mass is 298 g/mol. The largest absolute Gasteiger partial charge is 0.365 e. The van der Waals surface area contributed by atoms with Gasteiger partial charge in [-0.2, -0.15) is 0 Å². The van der Waals surface area contributed by atoms with Crippen molar-refractivity contribution in [2.24, 2.45) is 5.16 Å². The van der Waals surface area contributed by atoms with E-state index in [9.17, 15) is 14.0 Å². The van der Waals surface area contributed by atoms with Crippen molar-refractivity contribution in [3.05, 3.63) is 65.5 Å². The van der Waals surface area contributed by atoms with Crippen LogP contribution >= 0.6 is 0 Å². The molecule has 0 radical (unpaired) electrons. The Morgan fingerprint density at radius 2 is 1.95 bits per heavy atom. The highest BCUT2D eigenvalue weighted by Crippen LogP contribution is 2.27. The van der Waals surface area contributed by atoms with Crippen molar-refractivity contribution in [3.8, 4) is 0 Å². The zero-order valence-corrected chi connectivity index (χ0v) is 11.6. The van der Waals surface area contributed by atoms with Gasteiger partial charge in [-0.3, -0.25) is 4.79 Å². The molecule has 1 aliphatic heterocycles.